The van der Waals surface area contributed by atoms with Gasteiger partial charge < -0.3 is 0 Å². The number of hydrogen-bond donors (Lipinski definition) is 2. The van der Waals surface area contributed by atoms with Crippen LogP contribution in [-0.2, 0) is 16.6 Å². The van der Waals surface area contributed by atoms with Crippen LogP contribution in [0, 0.1) is 6.92 Å². The zero-order valence-electron chi connectivity index (χ0n) is 9.51. The lowest BCUT2D eigenvalue weighted by atomic mass is 10.2. The van der Waals surface area contributed by atoms with Crippen LogP contribution in [0.5, 0.6) is 0 Å². The molecule has 0 aliphatic rings. The van der Waals surface area contributed by atoms with Crippen molar-refractivity contribution in [3.05, 3.63) is 40.9 Å². The summed E-state index contributed by atoms with van der Waals surface area (Å²) in [5.74, 6) is 0.432. The standard InChI is InChI=1S/C10H11ClN4O2S/c1-7-2-3-9(8(11)4-7)18(16,17)14-5-10-12-6-13-15-10/h2-4,6,14H,5H2,1H3,(H,12,13,15). The second kappa shape index (κ2) is 5.05. The summed E-state index contributed by atoms with van der Waals surface area (Å²) in [6.07, 6.45) is 1.31. The molecule has 0 atom stereocenters. The molecule has 0 bridgehead atoms. The molecule has 0 spiro atoms. The van der Waals surface area contributed by atoms with Gasteiger partial charge in [0, 0.05) is 0 Å². The summed E-state index contributed by atoms with van der Waals surface area (Å²) in [5.41, 5.74) is 0.897. The van der Waals surface area contributed by atoms with Crippen LogP contribution in [0.1, 0.15) is 11.4 Å². The number of rotatable bonds is 4. The first kappa shape index (κ1) is 13.0. The molecule has 2 N–H and O–H groups in total. The highest BCUT2D eigenvalue weighted by Crippen LogP contribution is 2.22. The minimum atomic E-state index is -3.65. The topological polar surface area (TPSA) is 87.7 Å². The molecule has 1 aromatic carbocycles. The van der Waals surface area contributed by atoms with Gasteiger partial charge in [-0.15, -0.1) is 0 Å². The lowest BCUT2D eigenvalue weighted by Crippen LogP contribution is -2.24. The molecule has 0 saturated carbocycles. The van der Waals surface area contributed by atoms with Crippen LogP contribution < -0.4 is 4.72 Å². The lowest BCUT2D eigenvalue weighted by Gasteiger charge is -2.07. The fourth-order valence-electron chi connectivity index (χ4n) is 1.38. The molecule has 0 radical (unpaired) electrons. The van der Waals surface area contributed by atoms with Crippen LogP contribution in [-0.4, -0.2) is 23.6 Å². The number of aryl methyl sites for hydroxylation is 1. The monoisotopic (exact) mass is 286 g/mol. The summed E-state index contributed by atoms with van der Waals surface area (Å²) in [5, 5.41) is 6.39. The smallest absolute Gasteiger partial charge is 0.242 e. The van der Waals surface area contributed by atoms with Crippen LogP contribution >= 0.6 is 11.6 Å². The molecule has 8 heteroatoms. The predicted octanol–water partition coefficient (Wildman–Crippen LogP) is 1.25. The van der Waals surface area contributed by atoms with Crippen LogP contribution in [0.25, 0.3) is 0 Å². The maximum absolute atomic E-state index is 12.0. The highest BCUT2D eigenvalue weighted by atomic mass is 35.5. The zero-order chi connectivity index (χ0) is 13.2. The maximum atomic E-state index is 12.0. The first-order chi connectivity index (χ1) is 8.49. The van der Waals surface area contributed by atoms with E-state index in [0.29, 0.717) is 5.82 Å². The summed E-state index contributed by atoms with van der Waals surface area (Å²) >= 11 is 5.92. The lowest BCUT2D eigenvalue weighted by molar-refractivity contribution is 0.579. The van der Waals surface area contributed by atoms with Crippen molar-refractivity contribution in [2.45, 2.75) is 18.4 Å². The molecule has 2 aromatic rings. The Labute approximate surface area is 109 Å². The Morgan fingerprint density at radius 1 is 1.44 bits per heavy atom. The first-order valence-electron chi connectivity index (χ1n) is 5.09. The van der Waals surface area contributed by atoms with E-state index in [4.69, 9.17) is 11.6 Å². The van der Waals surface area contributed by atoms with Crippen LogP contribution in [0.3, 0.4) is 0 Å². The summed E-state index contributed by atoms with van der Waals surface area (Å²) < 4.78 is 26.4. The summed E-state index contributed by atoms with van der Waals surface area (Å²) in [7, 11) is -3.65. The van der Waals surface area contributed by atoms with Crippen molar-refractivity contribution in [3.8, 4) is 0 Å². The van der Waals surface area contributed by atoms with E-state index in [9.17, 15) is 8.42 Å². The zero-order valence-corrected chi connectivity index (χ0v) is 11.1. The number of halogens is 1. The van der Waals surface area contributed by atoms with Gasteiger partial charge in [0.05, 0.1) is 11.6 Å². The van der Waals surface area contributed by atoms with E-state index >= 15 is 0 Å². The maximum Gasteiger partial charge on any atom is 0.242 e. The van der Waals surface area contributed by atoms with E-state index in [1.54, 1.807) is 12.1 Å². The van der Waals surface area contributed by atoms with Gasteiger partial charge in [0.25, 0.3) is 0 Å². The summed E-state index contributed by atoms with van der Waals surface area (Å²) in [6, 6.07) is 4.76. The molecule has 0 unspecified atom stereocenters. The van der Waals surface area contributed by atoms with Crippen LogP contribution in [0.2, 0.25) is 5.02 Å². The van der Waals surface area contributed by atoms with Gasteiger partial charge in [0.15, 0.2) is 0 Å². The fraction of sp³-hybridized carbons (Fsp3) is 0.200. The minimum Gasteiger partial charge on any atom is -0.262 e. The van der Waals surface area contributed by atoms with Gasteiger partial charge in [-0.25, -0.2) is 18.1 Å². The van der Waals surface area contributed by atoms with Crippen molar-refractivity contribution in [1.29, 1.82) is 0 Å². The molecule has 0 fully saturated rings. The van der Waals surface area contributed by atoms with E-state index in [0.717, 1.165) is 5.56 Å². The molecular formula is C10H11ClN4O2S. The van der Waals surface area contributed by atoms with Crippen molar-refractivity contribution >= 4 is 21.6 Å². The van der Waals surface area contributed by atoms with Crippen LogP contribution in [0.4, 0.5) is 0 Å². The van der Waals surface area contributed by atoms with Gasteiger partial charge in [0.1, 0.15) is 17.0 Å². The van der Waals surface area contributed by atoms with E-state index in [1.165, 1.54) is 12.4 Å². The molecule has 2 rings (SSSR count). The first-order valence-corrected chi connectivity index (χ1v) is 6.95. The number of H-pyrrole nitrogens is 1. The largest absolute Gasteiger partial charge is 0.262 e. The molecule has 0 saturated heterocycles. The second-order valence-electron chi connectivity index (χ2n) is 3.69. The molecule has 1 aromatic heterocycles. The normalized spacial score (nSPS) is 11.7. The fourth-order valence-corrected chi connectivity index (χ4v) is 2.97. The Hall–Kier alpha value is -1.44. The van der Waals surface area contributed by atoms with Gasteiger partial charge in [0.2, 0.25) is 10.0 Å². The third-order valence-corrected chi connectivity index (χ3v) is 4.16. The summed E-state index contributed by atoms with van der Waals surface area (Å²) in [6.45, 7) is 1.87. The third-order valence-electron chi connectivity index (χ3n) is 2.27. The molecule has 0 aliphatic heterocycles. The third kappa shape index (κ3) is 2.87. The van der Waals surface area contributed by atoms with Crippen molar-refractivity contribution in [1.82, 2.24) is 19.9 Å². The van der Waals surface area contributed by atoms with Gasteiger partial charge in [-0.2, -0.15) is 5.10 Å². The Morgan fingerprint density at radius 2 is 2.22 bits per heavy atom. The van der Waals surface area contributed by atoms with Gasteiger partial charge in [-0.1, -0.05) is 17.7 Å². The summed E-state index contributed by atoms with van der Waals surface area (Å²) in [4.78, 5) is 3.87. The molecular weight excluding hydrogens is 276 g/mol. The Balaban J connectivity index is 2.20. The molecule has 18 heavy (non-hydrogen) atoms. The van der Waals surface area contributed by atoms with Gasteiger partial charge in [-0.3, -0.25) is 5.10 Å². The highest BCUT2D eigenvalue weighted by Gasteiger charge is 2.17. The number of sulfonamides is 1. The number of aromatic amines is 1. The minimum absolute atomic E-state index is 0.0343. The Morgan fingerprint density at radius 3 is 2.83 bits per heavy atom. The average Bonchev–Trinajstić information content (AvgIpc) is 2.78. The highest BCUT2D eigenvalue weighted by molar-refractivity contribution is 7.89. The van der Waals surface area contributed by atoms with E-state index in [2.05, 4.69) is 19.9 Å². The quantitative estimate of drug-likeness (QED) is 0.885. The molecule has 96 valence electrons. The number of aromatic nitrogens is 3. The van der Waals surface area contributed by atoms with Crippen molar-refractivity contribution in [3.63, 3.8) is 0 Å². The van der Waals surface area contributed by atoms with Crippen LogP contribution in [0.15, 0.2) is 29.4 Å². The van der Waals surface area contributed by atoms with E-state index in [-0.39, 0.29) is 16.5 Å². The molecule has 0 amide bonds. The molecule has 6 nitrogen and oxygen atoms in total. The van der Waals surface area contributed by atoms with Gasteiger partial charge in [-0.05, 0) is 24.6 Å². The van der Waals surface area contributed by atoms with Crippen molar-refractivity contribution < 1.29 is 8.42 Å². The molecule has 0 aliphatic carbocycles. The number of nitrogens with zero attached hydrogens (tertiary/aromatic N) is 2. The predicted molar refractivity (Wildman–Crippen MR) is 66.6 cm³/mol. The van der Waals surface area contributed by atoms with Crippen molar-refractivity contribution in [2.75, 3.05) is 0 Å². The van der Waals surface area contributed by atoms with Gasteiger partial charge >= 0.3 is 0 Å². The Kier molecular flexibility index (Phi) is 3.65. The van der Waals surface area contributed by atoms with E-state index < -0.39 is 10.0 Å². The second-order valence-corrected chi connectivity index (χ2v) is 5.83. The number of nitrogens with one attached hydrogen (secondary N) is 2. The molecule has 1 heterocycles. The average molecular weight is 287 g/mol. The number of benzene rings is 1. The van der Waals surface area contributed by atoms with E-state index in [1.807, 2.05) is 6.92 Å². The van der Waals surface area contributed by atoms with Crippen molar-refractivity contribution in [2.24, 2.45) is 0 Å². The SMILES string of the molecule is Cc1ccc(S(=O)(=O)NCc2ncn[nH]2)c(Cl)c1. The Bertz CT molecular complexity index is 640. The number of hydrogen-bond acceptors (Lipinski definition) is 4.